The first-order chi connectivity index (χ1) is 11.3. The van der Waals surface area contributed by atoms with Crippen molar-refractivity contribution in [3.05, 3.63) is 69.7 Å². The van der Waals surface area contributed by atoms with Crippen molar-refractivity contribution in [2.75, 3.05) is 19.3 Å². The second-order valence-electron chi connectivity index (χ2n) is 6.05. The lowest BCUT2D eigenvalue weighted by Crippen LogP contribution is -2.59. The fraction of sp³-hybridized carbons (Fsp3) is 0.294. The molecule has 7 heteroatoms. The van der Waals surface area contributed by atoms with Crippen molar-refractivity contribution in [2.24, 2.45) is 0 Å². The van der Waals surface area contributed by atoms with E-state index in [1.165, 1.54) is 6.26 Å². The Balaban J connectivity index is 1.84. The SMILES string of the molecule is CS(=O)(=O)NC1CN(C(c2ccc(Cl)cc2)c2ccc(Cl)cc2)C1. The summed E-state index contributed by atoms with van der Waals surface area (Å²) in [6.45, 7) is 1.31. The normalized spacial score (nSPS) is 16.3. The molecule has 2 aromatic carbocycles. The van der Waals surface area contributed by atoms with Gasteiger partial charge in [0.25, 0.3) is 0 Å². The molecule has 24 heavy (non-hydrogen) atoms. The lowest BCUT2D eigenvalue weighted by molar-refractivity contribution is 0.105. The molecule has 128 valence electrons. The van der Waals surface area contributed by atoms with E-state index in [1.807, 2.05) is 48.5 Å². The number of hydrogen-bond donors (Lipinski definition) is 1. The van der Waals surface area contributed by atoms with Crippen molar-refractivity contribution in [2.45, 2.75) is 12.1 Å². The second-order valence-corrected chi connectivity index (χ2v) is 8.70. The standard InChI is InChI=1S/C17H18Cl2N2O2S/c1-24(22,23)20-16-10-21(11-16)17(12-2-6-14(18)7-3-12)13-4-8-15(19)9-5-13/h2-9,16-17,20H,10-11H2,1H3. The van der Waals surface area contributed by atoms with Gasteiger partial charge in [-0.15, -0.1) is 0 Å². The molecular weight excluding hydrogens is 367 g/mol. The van der Waals surface area contributed by atoms with Crippen LogP contribution in [0.4, 0.5) is 0 Å². The van der Waals surface area contributed by atoms with E-state index in [0.29, 0.717) is 23.1 Å². The summed E-state index contributed by atoms with van der Waals surface area (Å²) in [4.78, 5) is 2.23. The van der Waals surface area contributed by atoms with Gasteiger partial charge in [0.1, 0.15) is 0 Å². The summed E-state index contributed by atoms with van der Waals surface area (Å²) < 4.78 is 25.4. The molecule has 1 saturated heterocycles. The van der Waals surface area contributed by atoms with Crippen LogP contribution < -0.4 is 4.72 Å². The van der Waals surface area contributed by atoms with Crippen LogP contribution in [0.3, 0.4) is 0 Å². The molecule has 0 aromatic heterocycles. The van der Waals surface area contributed by atoms with Crippen LogP contribution in [0.25, 0.3) is 0 Å². The summed E-state index contributed by atoms with van der Waals surface area (Å²) in [5.41, 5.74) is 2.22. The Kier molecular flexibility index (Phi) is 5.18. The molecule has 1 aliphatic rings. The molecule has 4 nitrogen and oxygen atoms in total. The molecule has 3 rings (SSSR count). The minimum absolute atomic E-state index is 0.0390. The van der Waals surface area contributed by atoms with Gasteiger partial charge in [0.05, 0.1) is 12.3 Å². The van der Waals surface area contributed by atoms with E-state index in [2.05, 4.69) is 9.62 Å². The molecule has 0 unspecified atom stereocenters. The number of rotatable bonds is 5. The minimum atomic E-state index is -3.19. The maximum atomic E-state index is 11.4. The molecule has 2 aromatic rings. The third-order valence-electron chi connectivity index (χ3n) is 4.03. The first kappa shape index (κ1) is 17.7. The molecule has 0 saturated carbocycles. The van der Waals surface area contributed by atoms with E-state index in [9.17, 15) is 8.42 Å². The van der Waals surface area contributed by atoms with Gasteiger partial charge in [0, 0.05) is 29.2 Å². The minimum Gasteiger partial charge on any atom is -0.289 e. The molecule has 1 fully saturated rings. The van der Waals surface area contributed by atoms with Crippen molar-refractivity contribution in [1.82, 2.24) is 9.62 Å². The summed E-state index contributed by atoms with van der Waals surface area (Å²) >= 11 is 12.0. The van der Waals surface area contributed by atoms with Gasteiger partial charge in [-0.1, -0.05) is 47.5 Å². The zero-order valence-electron chi connectivity index (χ0n) is 13.1. The first-order valence-corrected chi connectivity index (χ1v) is 10.2. The Morgan fingerprint density at radius 3 is 1.75 bits per heavy atom. The second kappa shape index (κ2) is 7.02. The fourth-order valence-electron chi connectivity index (χ4n) is 3.01. The quantitative estimate of drug-likeness (QED) is 0.859. The number of halogens is 2. The fourth-order valence-corrected chi connectivity index (χ4v) is 4.01. The van der Waals surface area contributed by atoms with Crippen LogP contribution in [0.2, 0.25) is 10.0 Å². The summed E-state index contributed by atoms with van der Waals surface area (Å²) in [5, 5.41) is 1.38. The number of nitrogens with one attached hydrogen (secondary N) is 1. The molecule has 0 amide bonds. The summed E-state index contributed by atoms with van der Waals surface area (Å²) in [6.07, 6.45) is 1.19. The van der Waals surface area contributed by atoms with Crippen LogP contribution >= 0.6 is 23.2 Å². The van der Waals surface area contributed by atoms with Gasteiger partial charge in [-0.2, -0.15) is 0 Å². The highest BCUT2D eigenvalue weighted by atomic mass is 35.5. The third kappa shape index (κ3) is 4.29. The lowest BCUT2D eigenvalue weighted by atomic mass is 9.93. The predicted octanol–water partition coefficient (Wildman–Crippen LogP) is 3.32. The molecular formula is C17H18Cl2N2O2S. The molecule has 0 atom stereocenters. The Labute approximate surface area is 152 Å². The van der Waals surface area contributed by atoms with Crippen molar-refractivity contribution in [3.8, 4) is 0 Å². The van der Waals surface area contributed by atoms with Crippen LogP contribution in [-0.4, -0.2) is 38.7 Å². The predicted molar refractivity (Wildman–Crippen MR) is 98.1 cm³/mol. The number of likely N-dealkylation sites (tertiary alicyclic amines) is 1. The molecule has 0 bridgehead atoms. The highest BCUT2D eigenvalue weighted by Crippen LogP contribution is 2.33. The van der Waals surface area contributed by atoms with E-state index in [4.69, 9.17) is 23.2 Å². The third-order valence-corrected chi connectivity index (χ3v) is 5.29. The van der Waals surface area contributed by atoms with E-state index in [0.717, 1.165) is 11.1 Å². The average molecular weight is 385 g/mol. The van der Waals surface area contributed by atoms with Gasteiger partial charge in [-0.25, -0.2) is 13.1 Å². The Hall–Kier alpha value is -1.11. The van der Waals surface area contributed by atoms with Crippen LogP contribution in [0.15, 0.2) is 48.5 Å². The maximum absolute atomic E-state index is 11.4. The summed E-state index contributed by atoms with van der Waals surface area (Å²) in [6, 6.07) is 15.4. The Morgan fingerprint density at radius 2 is 1.38 bits per heavy atom. The number of nitrogens with zero attached hydrogens (tertiary/aromatic N) is 1. The van der Waals surface area contributed by atoms with E-state index in [1.54, 1.807) is 0 Å². The van der Waals surface area contributed by atoms with E-state index < -0.39 is 10.0 Å². The van der Waals surface area contributed by atoms with Gasteiger partial charge in [0.2, 0.25) is 10.0 Å². The smallest absolute Gasteiger partial charge is 0.209 e. The van der Waals surface area contributed by atoms with Crippen molar-refractivity contribution >= 4 is 33.2 Å². The van der Waals surface area contributed by atoms with Gasteiger partial charge >= 0.3 is 0 Å². The van der Waals surface area contributed by atoms with Gasteiger partial charge in [-0.05, 0) is 35.4 Å². The number of benzene rings is 2. The average Bonchev–Trinajstić information content (AvgIpc) is 2.47. The highest BCUT2D eigenvalue weighted by Gasteiger charge is 2.35. The van der Waals surface area contributed by atoms with Gasteiger partial charge in [-0.3, -0.25) is 4.90 Å². The lowest BCUT2D eigenvalue weighted by Gasteiger charge is -2.44. The zero-order chi connectivity index (χ0) is 17.3. The van der Waals surface area contributed by atoms with E-state index >= 15 is 0 Å². The topological polar surface area (TPSA) is 49.4 Å². The van der Waals surface area contributed by atoms with Crippen molar-refractivity contribution < 1.29 is 8.42 Å². The largest absolute Gasteiger partial charge is 0.289 e. The number of sulfonamides is 1. The Morgan fingerprint density at radius 1 is 0.958 bits per heavy atom. The highest BCUT2D eigenvalue weighted by molar-refractivity contribution is 7.88. The van der Waals surface area contributed by atoms with Gasteiger partial charge < -0.3 is 0 Å². The Bertz CT molecular complexity index is 756. The molecule has 0 spiro atoms. The van der Waals surface area contributed by atoms with Crippen LogP contribution in [-0.2, 0) is 10.0 Å². The zero-order valence-corrected chi connectivity index (χ0v) is 15.4. The maximum Gasteiger partial charge on any atom is 0.209 e. The number of hydrogen-bond acceptors (Lipinski definition) is 3. The first-order valence-electron chi connectivity index (χ1n) is 7.54. The van der Waals surface area contributed by atoms with Crippen molar-refractivity contribution in [3.63, 3.8) is 0 Å². The monoisotopic (exact) mass is 384 g/mol. The van der Waals surface area contributed by atoms with Crippen LogP contribution in [0.1, 0.15) is 17.2 Å². The summed E-state index contributed by atoms with van der Waals surface area (Å²) in [7, 11) is -3.19. The van der Waals surface area contributed by atoms with Crippen molar-refractivity contribution in [1.29, 1.82) is 0 Å². The molecule has 0 aliphatic carbocycles. The van der Waals surface area contributed by atoms with Crippen LogP contribution in [0, 0.1) is 0 Å². The van der Waals surface area contributed by atoms with E-state index in [-0.39, 0.29) is 12.1 Å². The molecule has 1 N–H and O–H groups in total. The molecule has 1 heterocycles. The molecule has 1 aliphatic heterocycles. The summed E-state index contributed by atoms with van der Waals surface area (Å²) in [5.74, 6) is 0. The van der Waals surface area contributed by atoms with Crippen LogP contribution in [0.5, 0.6) is 0 Å². The molecule has 0 radical (unpaired) electrons. The van der Waals surface area contributed by atoms with Gasteiger partial charge in [0.15, 0.2) is 0 Å².